The summed E-state index contributed by atoms with van der Waals surface area (Å²) in [5.41, 5.74) is 1.84. The highest BCUT2D eigenvalue weighted by Gasteiger charge is 2.19. The molecule has 0 saturated carbocycles. The Bertz CT molecular complexity index is 1510. The maximum Gasteiger partial charge on any atom is 0.267 e. The molecule has 1 aliphatic rings. The first kappa shape index (κ1) is 23.9. The van der Waals surface area contributed by atoms with Crippen LogP contribution < -0.4 is 16.4 Å². The summed E-state index contributed by atoms with van der Waals surface area (Å²) in [7, 11) is 0. The molecule has 1 saturated heterocycles. The van der Waals surface area contributed by atoms with Crippen LogP contribution >= 0.6 is 0 Å². The van der Waals surface area contributed by atoms with Gasteiger partial charge in [-0.3, -0.25) is 24.3 Å². The molecule has 4 heterocycles. The van der Waals surface area contributed by atoms with Crippen molar-refractivity contribution in [2.45, 2.75) is 25.9 Å². The van der Waals surface area contributed by atoms with Crippen molar-refractivity contribution >= 4 is 22.6 Å². The molecule has 1 amide bonds. The molecule has 9 nitrogen and oxygen atoms in total. The summed E-state index contributed by atoms with van der Waals surface area (Å²) in [6, 6.07) is 16.3. The average Bonchev–Trinajstić information content (AvgIpc) is 2.91. The number of nitrogens with one attached hydrogen (secondary N) is 2. The Labute approximate surface area is 208 Å². The Hall–Kier alpha value is -3.82. The van der Waals surface area contributed by atoms with Gasteiger partial charge in [0.1, 0.15) is 16.8 Å². The highest BCUT2D eigenvalue weighted by molar-refractivity contribution is 5.97. The van der Waals surface area contributed by atoms with Crippen molar-refractivity contribution < 1.29 is 9.53 Å². The number of hydrogen-bond acceptors (Lipinski definition) is 6. The van der Waals surface area contributed by atoms with Gasteiger partial charge in [0, 0.05) is 32.4 Å². The summed E-state index contributed by atoms with van der Waals surface area (Å²) in [5, 5.41) is 12.2. The predicted molar refractivity (Wildman–Crippen MR) is 137 cm³/mol. The lowest BCUT2D eigenvalue weighted by molar-refractivity contribution is 0.0369. The van der Waals surface area contributed by atoms with Crippen LogP contribution in [0.15, 0.2) is 65.6 Å². The number of aromatic nitrogens is 3. The van der Waals surface area contributed by atoms with Gasteiger partial charge in [-0.2, -0.15) is 0 Å². The van der Waals surface area contributed by atoms with Crippen LogP contribution in [0, 0.1) is 5.41 Å². The van der Waals surface area contributed by atoms with E-state index in [0.29, 0.717) is 23.2 Å². The van der Waals surface area contributed by atoms with E-state index in [4.69, 9.17) is 15.1 Å². The van der Waals surface area contributed by atoms with Gasteiger partial charge in [0.25, 0.3) is 11.5 Å². The summed E-state index contributed by atoms with van der Waals surface area (Å²) in [6.45, 7) is 6.41. The highest BCUT2D eigenvalue weighted by atomic mass is 16.5. The molecular formula is C27H30N6O3. The molecule has 2 N–H and O–H groups in total. The molecule has 1 atom stereocenters. The lowest BCUT2D eigenvalue weighted by Gasteiger charge is -2.26. The number of carbonyl (C=O) groups is 1. The second-order valence-corrected chi connectivity index (χ2v) is 9.05. The molecule has 186 valence electrons. The molecule has 0 bridgehead atoms. The molecule has 4 aromatic rings. The third kappa shape index (κ3) is 4.80. The van der Waals surface area contributed by atoms with Crippen molar-refractivity contribution in [2.24, 2.45) is 0 Å². The molecule has 1 aliphatic heterocycles. The van der Waals surface area contributed by atoms with Crippen molar-refractivity contribution in [1.29, 1.82) is 5.41 Å². The Morgan fingerprint density at radius 1 is 1.11 bits per heavy atom. The van der Waals surface area contributed by atoms with Gasteiger partial charge in [-0.25, -0.2) is 4.98 Å². The number of aryl methyl sites for hydroxylation is 1. The van der Waals surface area contributed by atoms with Gasteiger partial charge >= 0.3 is 0 Å². The van der Waals surface area contributed by atoms with Crippen LogP contribution in [0.1, 0.15) is 35.3 Å². The summed E-state index contributed by atoms with van der Waals surface area (Å²) in [5.74, 6) is -0.391. The van der Waals surface area contributed by atoms with E-state index >= 15 is 0 Å². The first-order valence-corrected chi connectivity index (χ1v) is 12.3. The van der Waals surface area contributed by atoms with E-state index in [2.05, 4.69) is 10.2 Å². The number of amides is 1. The average molecular weight is 487 g/mol. The van der Waals surface area contributed by atoms with E-state index in [1.165, 1.54) is 10.5 Å². The van der Waals surface area contributed by atoms with Crippen molar-refractivity contribution in [3.63, 3.8) is 0 Å². The van der Waals surface area contributed by atoms with Gasteiger partial charge in [-0.05, 0) is 37.1 Å². The zero-order valence-electron chi connectivity index (χ0n) is 20.3. The first-order valence-electron chi connectivity index (χ1n) is 12.3. The third-order valence-corrected chi connectivity index (χ3v) is 6.67. The van der Waals surface area contributed by atoms with E-state index in [1.807, 2.05) is 43.3 Å². The molecule has 36 heavy (non-hydrogen) atoms. The fraction of sp³-hybridized carbons (Fsp3) is 0.333. The number of benzene rings is 1. The Morgan fingerprint density at radius 2 is 1.86 bits per heavy atom. The van der Waals surface area contributed by atoms with Gasteiger partial charge in [-0.15, -0.1) is 0 Å². The highest BCUT2D eigenvalue weighted by Crippen LogP contribution is 2.14. The Balaban J connectivity index is 1.54. The molecule has 0 spiro atoms. The van der Waals surface area contributed by atoms with E-state index < -0.39 is 5.91 Å². The zero-order valence-corrected chi connectivity index (χ0v) is 20.3. The van der Waals surface area contributed by atoms with E-state index in [-0.39, 0.29) is 22.7 Å². The van der Waals surface area contributed by atoms with Crippen molar-refractivity contribution in [2.75, 3.05) is 32.8 Å². The number of hydrogen-bond donors (Lipinski definition) is 2. The van der Waals surface area contributed by atoms with Gasteiger partial charge in [0.15, 0.2) is 0 Å². The Morgan fingerprint density at radius 3 is 2.64 bits per heavy atom. The number of carbonyl (C=O) groups excluding carboxylic acids is 1. The smallest absolute Gasteiger partial charge is 0.267 e. The molecule has 1 fully saturated rings. The van der Waals surface area contributed by atoms with Crippen molar-refractivity contribution in [3.05, 3.63) is 87.8 Å². The summed E-state index contributed by atoms with van der Waals surface area (Å²) in [4.78, 5) is 33.8. The van der Waals surface area contributed by atoms with Crippen LogP contribution in [0.25, 0.3) is 16.7 Å². The second kappa shape index (κ2) is 10.4. The number of ether oxygens (including phenoxy) is 1. The van der Waals surface area contributed by atoms with Gasteiger partial charge in [0.05, 0.1) is 30.2 Å². The molecule has 0 radical (unpaired) electrons. The normalized spacial score (nSPS) is 15.2. The van der Waals surface area contributed by atoms with Crippen molar-refractivity contribution in [3.8, 4) is 0 Å². The molecule has 0 aliphatic carbocycles. The van der Waals surface area contributed by atoms with Crippen LogP contribution in [0.4, 0.5) is 0 Å². The van der Waals surface area contributed by atoms with Crippen LogP contribution in [0.3, 0.4) is 0 Å². The minimum atomic E-state index is -0.391. The number of rotatable bonds is 7. The Kier molecular flexibility index (Phi) is 6.92. The topological polar surface area (TPSA) is 105 Å². The minimum absolute atomic E-state index is 0.0504. The summed E-state index contributed by atoms with van der Waals surface area (Å²) in [6.07, 6.45) is 2.42. The maximum atomic E-state index is 13.4. The predicted octanol–water partition coefficient (Wildman–Crippen LogP) is 2.34. The number of fused-ring (bicyclic) bond motifs is 2. The standard InChI is InChI=1S/C27H30N6O3/c1-19(20-8-3-2-4-9-20)29-26(34)21-18-22-25(30-23-10-5-6-12-32(23)27(22)35)33(24(21)28)13-7-11-31-14-16-36-17-15-31/h2-6,8-10,12,18-19,28H,7,11,13-17H2,1H3,(H,29,34)/t19-/m1/s1. The minimum Gasteiger partial charge on any atom is -0.379 e. The van der Waals surface area contributed by atoms with Gasteiger partial charge in [0.2, 0.25) is 0 Å². The van der Waals surface area contributed by atoms with Crippen LogP contribution in [-0.2, 0) is 11.3 Å². The monoisotopic (exact) mass is 486 g/mol. The van der Waals surface area contributed by atoms with Crippen LogP contribution in [0.5, 0.6) is 0 Å². The van der Waals surface area contributed by atoms with Crippen LogP contribution in [-0.4, -0.2) is 57.6 Å². The molecule has 9 heteroatoms. The fourth-order valence-corrected chi connectivity index (χ4v) is 4.65. The number of nitrogens with zero attached hydrogens (tertiary/aromatic N) is 4. The van der Waals surface area contributed by atoms with Crippen molar-refractivity contribution in [1.82, 2.24) is 24.2 Å². The first-order chi connectivity index (χ1) is 17.5. The zero-order chi connectivity index (χ0) is 25.1. The third-order valence-electron chi connectivity index (χ3n) is 6.67. The van der Waals surface area contributed by atoms with Gasteiger partial charge in [-0.1, -0.05) is 36.4 Å². The number of pyridine rings is 2. The SMILES string of the molecule is C[C@@H](NC(=O)c1cc2c(=O)n3ccccc3nc2n(CCCN2CCOCC2)c1=N)c1ccccc1. The van der Waals surface area contributed by atoms with E-state index in [1.54, 1.807) is 22.9 Å². The number of morpholine rings is 1. The van der Waals surface area contributed by atoms with Gasteiger partial charge < -0.3 is 14.6 Å². The quantitative estimate of drug-likeness (QED) is 0.390. The maximum absolute atomic E-state index is 13.4. The molecule has 3 aromatic heterocycles. The lowest BCUT2D eigenvalue weighted by atomic mass is 10.1. The molecule has 1 aromatic carbocycles. The fourth-order valence-electron chi connectivity index (χ4n) is 4.65. The molecular weight excluding hydrogens is 456 g/mol. The molecule has 0 unspecified atom stereocenters. The largest absolute Gasteiger partial charge is 0.379 e. The second-order valence-electron chi connectivity index (χ2n) is 9.05. The van der Waals surface area contributed by atoms with E-state index in [0.717, 1.165) is 44.8 Å². The van der Waals surface area contributed by atoms with E-state index in [9.17, 15) is 9.59 Å². The molecule has 5 rings (SSSR count). The lowest BCUT2D eigenvalue weighted by Crippen LogP contribution is -2.38. The summed E-state index contributed by atoms with van der Waals surface area (Å²) >= 11 is 0. The summed E-state index contributed by atoms with van der Waals surface area (Å²) < 4.78 is 8.60. The van der Waals surface area contributed by atoms with Crippen LogP contribution in [0.2, 0.25) is 0 Å².